The second kappa shape index (κ2) is 11.8. The van der Waals surface area contributed by atoms with Gasteiger partial charge in [0, 0.05) is 11.4 Å². The second-order valence-electron chi connectivity index (χ2n) is 8.36. The Hall–Kier alpha value is -3.72. The number of nitrogens with one attached hydrogen (secondary N) is 1. The number of esters is 1. The minimum absolute atomic E-state index is 0.0291. The standard InChI is InChI=1S/C27H27FN2O5S/c1-2-34-26(32)21-15-22(25(31)29-16-18-10-12-20(28)13-11-18)30(24(21)23-9-6-14-36-23)27(33)35-17-19-7-4-3-5-8-19/h3-14,21-22,24H,2,15-17H2,1H3,(H,29,31). The molecule has 4 rings (SSSR count). The van der Waals surface area contributed by atoms with E-state index in [4.69, 9.17) is 9.47 Å². The lowest BCUT2D eigenvalue weighted by molar-refractivity contribution is -0.148. The molecule has 0 aliphatic carbocycles. The monoisotopic (exact) mass is 510 g/mol. The molecule has 3 unspecified atom stereocenters. The Bertz CT molecular complexity index is 1170. The number of hydrogen-bond acceptors (Lipinski definition) is 6. The number of hydrogen-bond donors (Lipinski definition) is 1. The number of likely N-dealkylation sites (tertiary alicyclic amines) is 1. The Morgan fingerprint density at radius 2 is 1.75 bits per heavy atom. The number of amides is 2. The van der Waals surface area contributed by atoms with E-state index in [1.165, 1.54) is 28.4 Å². The smallest absolute Gasteiger partial charge is 0.411 e. The van der Waals surface area contributed by atoms with Crippen molar-refractivity contribution < 1.29 is 28.2 Å². The highest BCUT2D eigenvalue weighted by molar-refractivity contribution is 7.10. The van der Waals surface area contributed by atoms with Gasteiger partial charge in [-0.3, -0.25) is 14.5 Å². The van der Waals surface area contributed by atoms with Gasteiger partial charge < -0.3 is 14.8 Å². The van der Waals surface area contributed by atoms with Crippen LogP contribution in [0.25, 0.3) is 0 Å². The summed E-state index contributed by atoms with van der Waals surface area (Å²) in [5, 5.41) is 4.67. The van der Waals surface area contributed by atoms with Crippen LogP contribution in [0.5, 0.6) is 0 Å². The zero-order valence-corrected chi connectivity index (χ0v) is 20.6. The van der Waals surface area contributed by atoms with Crippen LogP contribution in [0.1, 0.15) is 35.4 Å². The van der Waals surface area contributed by atoms with Gasteiger partial charge >= 0.3 is 12.1 Å². The van der Waals surface area contributed by atoms with Gasteiger partial charge in [0.15, 0.2) is 0 Å². The lowest BCUT2D eigenvalue weighted by Crippen LogP contribution is -2.46. The summed E-state index contributed by atoms with van der Waals surface area (Å²) in [7, 11) is 0. The summed E-state index contributed by atoms with van der Waals surface area (Å²) in [5.74, 6) is -1.99. The SMILES string of the molecule is CCOC(=O)C1CC(C(=O)NCc2ccc(F)cc2)N(C(=O)OCc2ccccc2)C1c1cccs1. The summed E-state index contributed by atoms with van der Waals surface area (Å²) >= 11 is 1.40. The molecular formula is C27H27FN2O5S. The van der Waals surface area contributed by atoms with E-state index in [-0.39, 0.29) is 32.0 Å². The normalized spacial score (nSPS) is 19.1. The molecule has 2 heterocycles. The van der Waals surface area contributed by atoms with Gasteiger partial charge in [-0.25, -0.2) is 9.18 Å². The predicted molar refractivity (Wildman–Crippen MR) is 132 cm³/mol. The van der Waals surface area contributed by atoms with Crippen molar-refractivity contribution in [3.63, 3.8) is 0 Å². The van der Waals surface area contributed by atoms with Gasteiger partial charge in [-0.1, -0.05) is 48.5 Å². The number of carbonyl (C=O) groups is 3. The van der Waals surface area contributed by atoms with Crippen molar-refractivity contribution in [2.24, 2.45) is 5.92 Å². The maximum Gasteiger partial charge on any atom is 0.411 e. The van der Waals surface area contributed by atoms with Crippen LogP contribution in [-0.4, -0.2) is 35.5 Å². The lowest BCUT2D eigenvalue weighted by atomic mass is 9.97. The predicted octanol–water partition coefficient (Wildman–Crippen LogP) is 4.84. The quantitative estimate of drug-likeness (QED) is 0.439. The van der Waals surface area contributed by atoms with E-state index in [2.05, 4.69) is 5.32 Å². The maximum absolute atomic E-state index is 13.4. The first kappa shape index (κ1) is 25.4. The van der Waals surface area contributed by atoms with Crippen molar-refractivity contribution in [1.29, 1.82) is 0 Å². The van der Waals surface area contributed by atoms with Crippen LogP contribution in [-0.2, 0) is 32.2 Å². The fourth-order valence-corrected chi connectivity index (χ4v) is 5.21. The highest BCUT2D eigenvalue weighted by Crippen LogP contribution is 2.44. The third-order valence-electron chi connectivity index (χ3n) is 6.02. The number of rotatable bonds is 8. The third kappa shape index (κ3) is 5.91. The van der Waals surface area contributed by atoms with E-state index in [1.54, 1.807) is 19.1 Å². The van der Waals surface area contributed by atoms with Crippen molar-refractivity contribution in [3.05, 3.63) is 93.9 Å². The van der Waals surface area contributed by atoms with E-state index in [1.807, 2.05) is 47.8 Å². The molecular weight excluding hydrogens is 483 g/mol. The fourth-order valence-electron chi connectivity index (χ4n) is 4.32. The average Bonchev–Trinajstić information content (AvgIpc) is 3.56. The molecule has 1 fully saturated rings. The molecule has 0 spiro atoms. The van der Waals surface area contributed by atoms with Gasteiger partial charge in [0.05, 0.1) is 18.6 Å². The summed E-state index contributed by atoms with van der Waals surface area (Å²) in [4.78, 5) is 41.8. The van der Waals surface area contributed by atoms with E-state index < -0.39 is 36.0 Å². The molecule has 3 atom stereocenters. The van der Waals surface area contributed by atoms with Crippen molar-refractivity contribution in [2.45, 2.75) is 38.6 Å². The van der Waals surface area contributed by atoms with Crippen LogP contribution in [0.4, 0.5) is 9.18 Å². The van der Waals surface area contributed by atoms with Gasteiger partial charge in [0.2, 0.25) is 5.91 Å². The number of carbonyl (C=O) groups excluding carboxylic acids is 3. The van der Waals surface area contributed by atoms with Crippen LogP contribution < -0.4 is 5.32 Å². The lowest BCUT2D eigenvalue weighted by Gasteiger charge is -2.29. The van der Waals surface area contributed by atoms with Gasteiger partial charge in [0.25, 0.3) is 0 Å². The maximum atomic E-state index is 13.4. The molecule has 2 aromatic carbocycles. The van der Waals surface area contributed by atoms with E-state index in [0.717, 1.165) is 10.4 Å². The van der Waals surface area contributed by atoms with E-state index in [9.17, 15) is 18.8 Å². The number of halogens is 1. The van der Waals surface area contributed by atoms with E-state index >= 15 is 0 Å². The van der Waals surface area contributed by atoms with Gasteiger partial charge in [-0.05, 0) is 48.1 Å². The topological polar surface area (TPSA) is 84.9 Å². The first-order chi connectivity index (χ1) is 17.5. The number of ether oxygens (including phenoxy) is 2. The molecule has 3 aromatic rings. The Morgan fingerprint density at radius 3 is 2.42 bits per heavy atom. The molecule has 36 heavy (non-hydrogen) atoms. The van der Waals surface area contributed by atoms with Crippen molar-refractivity contribution >= 4 is 29.3 Å². The van der Waals surface area contributed by atoms with Crippen LogP contribution >= 0.6 is 11.3 Å². The first-order valence-corrected chi connectivity index (χ1v) is 12.6. The Labute approximate surface area is 212 Å². The number of nitrogens with zero attached hydrogens (tertiary/aromatic N) is 1. The van der Waals surface area contributed by atoms with Crippen molar-refractivity contribution in [3.8, 4) is 0 Å². The molecule has 0 radical (unpaired) electrons. The van der Waals surface area contributed by atoms with Crippen LogP contribution in [0.3, 0.4) is 0 Å². The Kier molecular flexibility index (Phi) is 8.32. The third-order valence-corrected chi connectivity index (χ3v) is 6.96. The zero-order chi connectivity index (χ0) is 25.5. The summed E-state index contributed by atoms with van der Waals surface area (Å²) in [5.41, 5.74) is 1.51. The van der Waals surface area contributed by atoms with Crippen LogP contribution in [0, 0.1) is 11.7 Å². The fraction of sp³-hybridized carbons (Fsp3) is 0.296. The molecule has 7 nitrogen and oxygen atoms in total. The van der Waals surface area contributed by atoms with Crippen LogP contribution in [0.2, 0.25) is 0 Å². The second-order valence-corrected chi connectivity index (χ2v) is 9.34. The molecule has 2 amide bonds. The largest absolute Gasteiger partial charge is 0.466 e. The van der Waals surface area contributed by atoms with Crippen LogP contribution in [0.15, 0.2) is 72.1 Å². The average molecular weight is 511 g/mol. The molecule has 0 bridgehead atoms. The summed E-state index contributed by atoms with van der Waals surface area (Å²) in [6.45, 7) is 2.08. The van der Waals surface area contributed by atoms with Gasteiger partial charge in [-0.15, -0.1) is 11.3 Å². The molecule has 1 saturated heterocycles. The highest BCUT2D eigenvalue weighted by Gasteiger charge is 2.52. The Morgan fingerprint density at radius 1 is 1.00 bits per heavy atom. The summed E-state index contributed by atoms with van der Waals surface area (Å²) in [6.07, 6.45) is -0.595. The summed E-state index contributed by atoms with van der Waals surface area (Å²) < 4.78 is 24.1. The van der Waals surface area contributed by atoms with Gasteiger partial charge in [0.1, 0.15) is 18.5 Å². The first-order valence-electron chi connectivity index (χ1n) is 11.7. The van der Waals surface area contributed by atoms with E-state index in [0.29, 0.717) is 5.56 Å². The summed E-state index contributed by atoms with van der Waals surface area (Å²) in [6, 6.07) is 17.0. The molecule has 9 heteroatoms. The minimum atomic E-state index is -0.949. The highest BCUT2D eigenvalue weighted by atomic mass is 32.1. The zero-order valence-electron chi connectivity index (χ0n) is 19.8. The van der Waals surface area contributed by atoms with Crippen molar-refractivity contribution in [2.75, 3.05) is 6.61 Å². The van der Waals surface area contributed by atoms with Gasteiger partial charge in [-0.2, -0.15) is 0 Å². The number of thiophene rings is 1. The minimum Gasteiger partial charge on any atom is -0.466 e. The molecule has 1 N–H and O–H groups in total. The van der Waals surface area contributed by atoms with Crippen molar-refractivity contribution in [1.82, 2.24) is 10.2 Å². The molecule has 188 valence electrons. The Balaban J connectivity index is 1.59. The number of benzene rings is 2. The molecule has 1 aliphatic rings. The molecule has 1 aromatic heterocycles. The molecule has 1 aliphatic heterocycles. The molecule has 0 saturated carbocycles.